The number of hydrogen-bond acceptors (Lipinski definition) is 6. The van der Waals surface area contributed by atoms with Gasteiger partial charge < -0.3 is 15.4 Å². The molecule has 0 radical (unpaired) electrons. The van der Waals surface area contributed by atoms with Gasteiger partial charge in [0.15, 0.2) is 4.34 Å². The molecule has 0 saturated heterocycles. The zero-order chi connectivity index (χ0) is 25.2. The number of thiazole rings is 1. The molecule has 2 amide bonds. The van der Waals surface area contributed by atoms with Gasteiger partial charge in [0.25, 0.3) is 5.91 Å². The van der Waals surface area contributed by atoms with E-state index < -0.39 is 0 Å². The molecular weight excluding hydrogens is 490 g/mol. The largest absolute Gasteiger partial charge is 0.494 e. The second-order valence-corrected chi connectivity index (χ2v) is 10.5. The van der Waals surface area contributed by atoms with Crippen LogP contribution >= 0.6 is 23.1 Å². The zero-order valence-corrected chi connectivity index (χ0v) is 21.8. The van der Waals surface area contributed by atoms with Gasteiger partial charge in [0.05, 0.1) is 22.6 Å². The first-order chi connectivity index (χ1) is 17.6. The van der Waals surface area contributed by atoms with Gasteiger partial charge in [-0.1, -0.05) is 55.4 Å². The number of benzene rings is 3. The van der Waals surface area contributed by atoms with Gasteiger partial charge in [-0.25, -0.2) is 4.98 Å². The normalized spacial score (nSPS) is 10.8. The van der Waals surface area contributed by atoms with Crippen molar-refractivity contribution in [1.29, 1.82) is 0 Å². The van der Waals surface area contributed by atoms with Gasteiger partial charge in [-0.2, -0.15) is 0 Å². The van der Waals surface area contributed by atoms with E-state index in [1.807, 2.05) is 48.5 Å². The molecule has 4 rings (SSSR count). The predicted molar refractivity (Wildman–Crippen MR) is 148 cm³/mol. The number of nitrogens with zero attached hydrogens (tertiary/aromatic N) is 1. The summed E-state index contributed by atoms with van der Waals surface area (Å²) in [6.45, 7) is 3.41. The Balaban J connectivity index is 1.27. The molecule has 0 atom stereocenters. The van der Waals surface area contributed by atoms with Crippen LogP contribution in [0.2, 0.25) is 0 Å². The lowest BCUT2D eigenvalue weighted by molar-refractivity contribution is -0.118. The number of anilines is 1. The minimum absolute atomic E-state index is 0.00933. The fraction of sp³-hybridized carbons (Fsp3) is 0.250. The number of rotatable bonds is 12. The molecular formula is C28H29N3O3S2. The van der Waals surface area contributed by atoms with Crippen LogP contribution < -0.4 is 15.4 Å². The Morgan fingerprint density at radius 3 is 2.61 bits per heavy atom. The molecule has 0 bridgehead atoms. The highest BCUT2D eigenvalue weighted by atomic mass is 32.2. The van der Waals surface area contributed by atoms with E-state index in [0.29, 0.717) is 30.2 Å². The fourth-order valence-electron chi connectivity index (χ4n) is 3.45. The summed E-state index contributed by atoms with van der Waals surface area (Å²) >= 11 is 2.93. The van der Waals surface area contributed by atoms with Crippen molar-refractivity contribution < 1.29 is 14.3 Å². The van der Waals surface area contributed by atoms with Crippen LogP contribution in [0.3, 0.4) is 0 Å². The number of ether oxygens (including phenoxy) is 1. The van der Waals surface area contributed by atoms with E-state index in [9.17, 15) is 9.59 Å². The molecule has 0 unspecified atom stereocenters. The first kappa shape index (κ1) is 25.7. The number of fused-ring (bicyclic) bond motifs is 1. The Bertz CT molecular complexity index is 1290. The molecule has 186 valence electrons. The quantitative estimate of drug-likeness (QED) is 0.173. The predicted octanol–water partition coefficient (Wildman–Crippen LogP) is 6.18. The van der Waals surface area contributed by atoms with Crippen molar-refractivity contribution >= 4 is 50.8 Å². The van der Waals surface area contributed by atoms with Crippen LogP contribution in [0.4, 0.5) is 5.69 Å². The molecule has 0 aliphatic heterocycles. The summed E-state index contributed by atoms with van der Waals surface area (Å²) in [5, 5.41) is 5.91. The molecule has 2 N–H and O–H groups in total. The Labute approximate surface area is 219 Å². The van der Waals surface area contributed by atoms with Crippen LogP contribution in [-0.4, -0.2) is 35.7 Å². The monoisotopic (exact) mass is 519 g/mol. The molecule has 1 heterocycles. The topological polar surface area (TPSA) is 80.3 Å². The summed E-state index contributed by atoms with van der Waals surface area (Å²) in [6.07, 6.45) is 2.89. The maximum absolute atomic E-state index is 12.7. The van der Waals surface area contributed by atoms with Gasteiger partial charge in [0.2, 0.25) is 5.91 Å². The van der Waals surface area contributed by atoms with Crippen molar-refractivity contribution in [2.45, 2.75) is 30.5 Å². The smallest absolute Gasteiger partial charge is 0.255 e. The molecule has 1 aromatic heterocycles. The Morgan fingerprint density at radius 2 is 1.83 bits per heavy atom. The SMILES string of the molecule is CCCCOc1ccc(C(=O)Nc2ccc3nc(SCC(=O)NCCc4ccccc4)sc3c2)cc1. The highest BCUT2D eigenvalue weighted by molar-refractivity contribution is 8.01. The molecule has 4 aromatic rings. The number of hydrogen-bond donors (Lipinski definition) is 2. The van der Waals surface area contributed by atoms with Gasteiger partial charge in [-0.05, 0) is 60.9 Å². The summed E-state index contributed by atoms with van der Waals surface area (Å²) in [5.74, 6) is 0.891. The van der Waals surface area contributed by atoms with Crippen molar-refractivity contribution in [2.24, 2.45) is 0 Å². The van der Waals surface area contributed by atoms with Crippen LogP contribution in [0.1, 0.15) is 35.7 Å². The first-order valence-corrected chi connectivity index (χ1v) is 13.8. The molecule has 0 fully saturated rings. The van der Waals surface area contributed by atoms with Crippen LogP contribution in [0.15, 0.2) is 77.1 Å². The van der Waals surface area contributed by atoms with E-state index in [2.05, 4.69) is 34.7 Å². The van der Waals surface area contributed by atoms with E-state index >= 15 is 0 Å². The van der Waals surface area contributed by atoms with E-state index in [1.165, 1.54) is 28.7 Å². The number of nitrogens with one attached hydrogen (secondary N) is 2. The van der Waals surface area contributed by atoms with Crippen molar-refractivity contribution in [2.75, 3.05) is 24.2 Å². The van der Waals surface area contributed by atoms with Crippen molar-refractivity contribution in [3.8, 4) is 5.75 Å². The molecule has 3 aromatic carbocycles. The van der Waals surface area contributed by atoms with E-state index in [4.69, 9.17) is 4.74 Å². The molecule has 8 heteroatoms. The van der Waals surface area contributed by atoms with E-state index in [-0.39, 0.29) is 11.8 Å². The molecule has 0 aliphatic carbocycles. The van der Waals surface area contributed by atoms with Crippen molar-refractivity contribution in [3.05, 3.63) is 83.9 Å². The number of thioether (sulfide) groups is 1. The van der Waals surface area contributed by atoms with Gasteiger partial charge in [0, 0.05) is 17.8 Å². The molecule has 0 saturated carbocycles. The van der Waals surface area contributed by atoms with Crippen LogP contribution in [-0.2, 0) is 11.2 Å². The number of amides is 2. The van der Waals surface area contributed by atoms with Gasteiger partial charge in [-0.3, -0.25) is 9.59 Å². The molecule has 0 spiro atoms. The highest BCUT2D eigenvalue weighted by Gasteiger charge is 2.11. The molecule has 6 nitrogen and oxygen atoms in total. The average molecular weight is 520 g/mol. The summed E-state index contributed by atoms with van der Waals surface area (Å²) < 4.78 is 7.44. The number of carbonyl (C=O) groups is 2. The van der Waals surface area contributed by atoms with E-state index in [0.717, 1.165) is 39.6 Å². The Hall–Kier alpha value is -3.36. The maximum Gasteiger partial charge on any atom is 0.255 e. The third-order valence-corrected chi connectivity index (χ3v) is 7.58. The maximum atomic E-state index is 12.7. The number of carbonyl (C=O) groups excluding carboxylic acids is 2. The second-order valence-electron chi connectivity index (χ2n) is 8.22. The summed E-state index contributed by atoms with van der Waals surface area (Å²) in [4.78, 5) is 29.5. The fourth-order valence-corrected chi connectivity index (χ4v) is 5.39. The minimum atomic E-state index is -0.180. The van der Waals surface area contributed by atoms with Crippen LogP contribution in [0, 0.1) is 0 Å². The van der Waals surface area contributed by atoms with Crippen LogP contribution in [0.25, 0.3) is 10.2 Å². The number of aromatic nitrogens is 1. The minimum Gasteiger partial charge on any atom is -0.494 e. The lowest BCUT2D eigenvalue weighted by Crippen LogP contribution is -2.27. The number of unbranched alkanes of at least 4 members (excludes halogenated alkanes) is 1. The third-order valence-electron chi connectivity index (χ3n) is 5.42. The average Bonchev–Trinajstić information content (AvgIpc) is 3.31. The summed E-state index contributed by atoms with van der Waals surface area (Å²) in [5.41, 5.74) is 3.32. The molecule has 0 aliphatic rings. The lowest BCUT2D eigenvalue weighted by Gasteiger charge is -2.07. The first-order valence-electron chi connectivity index (χ1n) is 12.0. The van der Waals surface area contributed by atoms with Gasteiger partial charge in [-0.15, -0.1) is 11.3 Å². The van der Waals surface area contributed by atoms with Gasteiger partial charge >= 0.3 is 0 Å². The summed E-state index contributed by atoms with van der Waals surface area (Å²) in [6, 6.07) is 22.9. The lowest BCUT2D eigenvalue weighted by atomic mass is 10.1. The second kappa shape index (κ2) is 13.1. The third kappa shape index (κ3) is 7.57. The standard InChI is InChI=1S/C28H29N3O3S2/c1-2-3-17-34-23-12-9-21(10-13-23)27(33)30-22-11-14-24-25(18-22)36-28(31-24)35-19-26(32)29-16-15-20-7-5-4-6-8-20/h4-14,18H,2-3,15-17,19H2,1H3,(H,29,32)(H,30,33). The van der Waals surface area contributed by atoms with Gasteiger partial charge in [0.1, 0.15) is 5.75 Å². The van der Waals surface area contributed by atoms with Crippen LogP contribution in [0.5, 0.6) is 5.75 Å². The van der Waals surface area contributed by atoms with Crippen molar-refractivity contribution in [3.63, 3.8) is 0 Å². The Morgan fingerprint density at radius 1 is 1.03 bits per heavy atom. The zero-order valence-electron chi connectivity index (χ0n) is 20.2. The van der Waals surface area contributed by atoms with Crippen molar-refractivity contribution in [1.82, 2.24) is 10.3 Å². The highest BCUT2D eigenvalue weighted by Crippen LogP contribution is 2.31. The van der Waals surface area contributed by atoms with E-state index in [1.54, 1.807) is 12.1 Å². The summed E-state index contributed by atoms with van der Waals surface area (Å²) in [7, 11) is 0. The molecule has 36 heavy (non-hydrogen) atoms. The Kier molecular flexibility index (Phi) is 9.35.